The van der Waals surface area contributed by atoms with Crippen molar-refractivity contribution in [2.45, 2.75) is 6.54 Å². The molecule has 7 heteroatoms. The molecule has 2 aromatic rings. The van der Waals surface area contributed by atoms with Gasteiger partial charge in [-0.25, -0.2) is 9.97 Å². The summed E-state index contributed by atoms with van der Waals surface area (Å²) < 4.78 is 4.97. The third-order valence-corrected chi connectivity index (χ3v) is 3.09. The molecule has 2 heterocycles. The molecule has 2 N–H and O–H groups in total. The summed E-state index contributed by atoms with van der Waals surface area (Å²) in [6.07, 6.45) is 3.12. The summed E-state index contributed by atoms with van der Waals surface area (Å²) in [5, 5.41) is 6.01. The van der Waals surface area contributed by atoms with Crippen LogP contribution in [0.25, 0.3) is 0 Å². The van der Waals surface area contributed by atoms with Crippen LogP contribution in [0.5, 0.6) is 5.88 Å². The second kappa shape index (κ2) is 6.90. The highest BCUT2D eigenvalue weighted by Gasteiger charge is 2.09. The standard InChI is InChI=1S/C14H15ClN4O2/c1-16-13-11(15)5-10(8-18-13)14(20)19-7-9-3-4-12(21-2)17-6-9/h3-6,8H,7H2,1-2H3,(H,16,18)(H,19,20). The molecular weight excluding hydrogens is 292 g/mol. The maximum Gasteiger partial charge on any atom is 0.253 e. The molecule has 2 rings (SSSR count). The Morgan fingerprint density at radius 1 is 1.33 bits per heavy atom. The number of carbonyl (C=O) groups is 1. The lowest BCUT2D eigenvalue weighted by atomic mass is 10.2. The van der Waals surface area contributed by atoms with Crippen LogP contribution in [0.2, 0.25) is 5.02 Å². The lowest BCUT2D eigenvalue weighted by Crippen LogP contribution is -2.23. The monoisotopic (exact) mass is 306 g/mol. The summed E-state index contributed by atoms with van der Waals surface area (Å²) in [7, 11) is 3.26. The number of hydrogen-bond donors (Lipinski definition) is 2. The Balaban J connectivity index is 1.99. The van der Waals surface area contributed by atoms with E-state index in [0.717, 1.165) is 5.56 Å². The van der Waals surface area contributed by atoms with E-state index in [1.807, 2.05) is 6.07 Å². The molecule has 0 radical (unpaired) electrons. The van der Waals surface area contributed by atoms with Gasteiger partial charge in [-0.1, -0.05) is 17.7 Å². The van der Waals surface area contributed by atoms with Gasteiger partial charge < -0.3 is 15.4 Å². The van der Waals surface area contributed by atoms with Gasteiger partial charge in [0.2, 0.25) is 5.88 Å². The molecule has 0 saturated carbocycles. The number of nitrogens with one attached hydrogen (secondary N) is 2. The van der Waals surface area contributed by atoms with E-state index in [2.05, 4.69) is 20.6 Å². The second-order valence-electron chi connectivity index (χ2n) is 4.20. The van der Waals surface area contributed by atoms with Gasteiger partial charge in [0.1, 0.15) is 5.82 Å². The molecule has 0 aliphatic rings. The van der Waals surface area contributed by atoms with Gasteiger partial charge in [-0.3, -0.25) is 4.79 Å². The van der Waals surface area contributed by atoms with Crippen molar-refractivity contribution < 1.29 is 9.53 Å². The van der Waals surface area contributed by atoms with Crippen molar-refractivity contribution in [3.8, 4) is 5.88 Å². The van der Waals surface area contributed by atoms with Gasteiger partial charge in [0.25, 0.3) is 5.91 Å². The van der Waals surface area contributed by atoms with Crippen LogP contribution in [0.3, 0.4) is 0 Å². The summed E-state index contributed by atoms with van der Waals surface area (Å²) in [4.78, 5) is 20.1. The Morgan fingerprint density at radius 2 is 2.14 bits per heavy atom. The summed E-state index contributed by atoms with van der Waals surface area (Å²) in [6.45, 7) is 0.362. The quantitative estimate of drug-likeness (QED) is 0.885. The predicted octanol–water partition coefficient (Wildman–Crippen LogP) is 2.11. The summed E-state index contributed by atoms with van der Waals surface area (Å²) in [5.74, 6) is 0.819. The van der Waals surface area contributed by atoms with Crippen LogP contribution in [0, 0.1) is 0 Å². The molecule has 1 amide bonds. The minimum absolute atomic E-state index is 0.247. The minimum Gasteiger partial charge on any atom is -0.481 e. The van der Waals surface area contributed by atoms with Crippen molar-refractivity contribution in [1.82, 2.24) is 15.3 Å². The third-order valence-electron chi connectivity index (χ3n) is 2.80. The van der Waals surface area contributed by atoms with E-state index in [-0.39, 0.29) is 5.91 Å². The van der Waals surface area contributed by atoms with Crippen LogP contribution in [0.15, 0.2) is 30.6 Å². The third kappa shape index (κ3) is 3.82. The largest absolute Gasteiger partial charge is 0.481 e. The molecule has 21 heavy (non-hydrogen) atoms. The van der Waals surface area contributed by atoms with E-state index in [0.29, 0.717) is 28.8 Å². The average molecular weight is 307 g/mol. The summed E-state index contributed by atoms with van der Waals surface area (Å²) in [5.41, 5.74) is 1.27. The molecular formula is C14H15ClN4O2. The number of anilines is 1. The number of halogens is 1. The van der Waals surface area contributed by atoms with Crippen molar-refractivity contribution in [1.29, 1.82) is 0 Å². The van der Waals surface area contributed by atoms with Gasteiger partial charge in [0.05, 0.1) is 17.7 Å². The van der Waals surface area contributed by atoms with E-state index in [4.69, 9.17) is 16.3 Å². The molecule has 0 aromatic carbocycles. The van der Waals surface area contributed by atoms with Crippen molar-refractivity contribution in [3.63, 3.8) is 0 Å². The Morgan fingerprint density at radius 3 is 2.71 bits per heavy atom. The first-order valence-corrected chi connectivity index (χ1v) is 6.62. The molecule has 0 aliphatic carbocycles. The Hall–Kier alpha value is -2.34. The van der Waals surface area contributed by atoms with Gasteiger partial charge in [-0.15, -0.1) is 0 Å². The molecule has 2 aromatic heterocycles. The molecule has 6 nitrogen and oxygen atoms in total. The highest BCUT2D eigenvalue weighted by atomic mass is 35.5. The van der Waals surface area contributed by atoms with Crippen molar-refractivity contribution in [3.05, 3.63) is 46.7 Å². The van der Waals surface area contributed by atoms with Gasteiger partial charge in [0.15, 0.2) is 0 Å². The van der Waals surface area contributed by atoms with Crippen molar-refractivity contribution in [2.75, 3.05) is 19.5 Å². The van der Waals surface area contributed by atoms with E-state index < -0.39 is 0 Å². The fraction of sp³-hybridized carbons (Fsp3) is 0.214. The normalized spacial score (nSPS) is 10.0. The zero-order chi connectivity index (χ0) is 15.2. The molecule has 0 spiro atoms. The Bertz CT molecular complexity index is 631. The topological polar surface area (TPSA) is 76.1 Å². The first-order valence-electron chi connectivity index (χ1n) is 6.24. The summed E-state index contributed by atoms with van der Waals surface area (Å²) >= 11 is 6.00. The lowest BCUT2D eigenvalue weighted by Gasteiger charge is -2.07. The Kier molecular flexibility index (Phi) is 4.94. The number of hydrogen-bond acceptors (Lipinski definition) is 5. The number of rotatable bonds is 5. The maximum absolute atomic E-state index is 12.0. The number of aromatic nitrogens is 2. The zero-order valence-electron chi connectivity index (χ0n) is 11.7. The van der Waals surface area contributed by atoms with E-state index in [9.17, 15) is 4.79 Å². The van der Waals surface area contributed by atoms with Crippen LogP contribution in [-0.2, 0) is 6.54 Å². The fourth-order valence-corrected chi connectivity index (χ4v) is 1.93. The SMILES string of the molecule is CNc1ncc(C(=O)NCc2ccc(OC)nc2)cc1Cl. The van der Waals surface area contributed by atoms with Crippen LogP contribution < -0.4 is 15.4 Å². The number of nitrogens with zero attached hydrogens (tertiary/aromatic N) is 2. The molecule has 0 aliphatic heterocycles. The predicted molar refractivity (Wildman–Crippen MR) is 80.8 cm³/mol. The van der Waals surface area contributed by atoms with Crippen molar-refractivity contribution in [2.24, 2.45) is 0 Å². The molecule has 0 fully saturated rings. The highest BCUT2D eigenvalue weighted by molar-refractivity contribution is 6.33. The maximum atomic E-state index is 12.0. The number of amides is 1. The molecule has 110 valence electrons. The minimum atomic E-state index is -0.247. The van der Waals surface area contributed by atoms with Gasteiger partial charge in [0, 0.05) is 32.1 Å². The van der Waals surface area contributed by atoms with Crippen LogP contribution in [0.4, 0.5) is 5.82 Å². The number of pyridine rings is 2. The average Bonchev–Trinajstić information content (AvgIpc) is 2.53. The van der Waals surface area contributed by atoms with E-state index >= 15 is 0 Å². The van der Waals surface area contributed by atoms with Gasteiger partial charge >= 0.3 is 0 Å². The van der Waals surface area contributed by atoms with Crippen LogP contribution >= 0.6 is 11.6 Å². The van der Waals surface area contributed by atoms with Crippen LogP contribution in [-0.4, -0.2) is 30.0 Å². The zero-order valence-corrected chi connectivity index (χ0v) is 12.4. The number of methoxy groups -OCH3 is 1. The Labute approximate surface area is 127 Å². The molecule has 0 bridgehead atoms. The summed E-state index contributed by atoms with van der Waals surface area (Å²) in [6, 6.07) is 5.14. The number of ether oxygens (including phenoxy) is 1. The second-order valence-corrected chi connectivity index (χ2v) is 4.60. The molecule has 0 saturated heterocycles. The van der Waals surface area contributed by atoms with E-state index in [1.54, 1.807) is 32.5 Å². The molecule has 0 atom stereocenters. The first-order chi connectivity index (χ1) is 10.1. The van der Waals surface area contributed by atoms with E-state index in [1.165, 1.54) is 6.20 Å². The first kappa shape index (κ1) is 15.1. The van der Waals surface area contributed by atoms with Gasteiger partial charge in [-0.2, -0.15) is 0 Å². The van der Waals surface area contributed by atoms with Gasteiger partial charge in [-0.05, 0) is 11.6 Å². The highest BCUT2D eigenvalue weighted by Crippen LogP contribution is 2.19. The number of carbonyl (C=O) groups excluding carboxylic acids is 1. The lowest BCUT2D eigenvalue weighted by molar-refractivity contribution is 0.0950. The van der Waals surface area contributed by atoms with Crippen molar-refractivity contribution >= 4 is 23.3 Å². The van der Waals surface area contributed by atoms with Crippen LogP contribution in [0.1, 0.15) is 15.9 Å². The molecule has 0 unspecified atom stereocenters. The smallest absolute Gasteiger partial charge is 0.253 e. The fourth-order valence-electron chi connectivity index (χ4n) is 1.67.